The average Bonchev–Trinajstić information content (AvgIpc) is 2.86. The maximum Gasteiger partial charge on any atom is 0.325 e. The molecule has 1 fully saturated rings. The Labute approximate surface area is 200 Å². The molecule has 10 heteroatoms. The maximum absolute atomic E-state index is 12.9. The number of aryl methyl sites for hydroxylation is 1. The van der Waals surface area contributed by atoms with Gasteiger partial charge in [0.05, 0.1) is 13.7 Å². The summed E-state index contributed by atoms with van der Waals surface area (Å²) >= 11 is 0. The molecule has 4 N–H and O–H groups in total. The number of hydrogen-bond acceptors (Lipinski definition) is 9. The van der Waals surface area contributed by atoms with Gasteiger partial charge in [0.25, 0.3) is 5.56 Å². The normalized spacial score (nSPS) is 24.3. The molecule has 2 heterocycles. The van der Waals surface area contributed by atoms with Crippen LogP contribution in [0.4, 0.5) is 0 Å². The molecule has 1 aromatic heterocycles. The Morgan fingerprint density at radius 2 is 1.74 bits per heavy atom. The van der Waals surface area contributed by atoms with Gasteiger partial charge in [0.15, 0.2) is 0 Å². The van der Waals surface area contributed by atoms with Gasteiger partial charge < -0.3 is 39.2 Å². The van der Waals surface area contributed by atoms with E-state index < -0.39 is 43.3 Å². The molecule has 0 amide bonds. The second kappa shape index (κ2) is 10.1. The van der Waals surface area contributed by atoms with E-state index in [2.05, 4.69) is 4.74 Å². The first kappa shape index (κ1) is 24.8. The third-order valence-electron chi connectivity index (χ3n) is 6.11. The van der Waals surface area contributed by atoms with E-state index in [4.69, 9.17) is 9.47 Å². The van der Waals surface area contributed by atoms with Crippen molar-refractivity contribution in [1.29, 1.82) is 0 Å². The van der Waals surface area contributed by atoms with Crippen LogP contribution in [0.2, 0.25) is 0 Å². The lowest BCUT2D eigenvalue weighted by molar-refractivity contribution is -0.277. The summed E-state index contributed by atoms with van der Waals surface area (Å²) in [7, 11) is 1.26. The van der Waals surface area contributed by atoms with Crippen molar-refractivity contribution in [2.45, 2.75) is 44.2 Å². The van der Waals surface area contributed by atoms with Crippen LogP contribution in [0.3, 0.4) is 0 Å². The van der Waals surface area contributed by atoms with Crippen molar-refractivity contribution in [3.05, 3.63) is 64.6 Å². The molecule has 10 nitrogen and oxygen atoms in total. The molecule has 0 spiro atoms. The zero-order valence-corrected chi connectivity index (χ0v) is 19.2. The topological polar surface area (TPSA) is 148 Å². The molecule has 0 bridgehead atoms. The first-order chi connectivity index (χ1) is 16.7. The molecular weight excluding hydrogens is 458 g/mol. The lowest BCUT2D eigenvalue weighted by atomic mass is 9.99. The predicted molar refractivity (Wildman–Crippen MR) is 125 cm³/mol. The van der Waals surface area contributed by atoms with Crippen molar-refractivity contribution >= 4 is 16.7 Å². The minimum Gasteiger partial charge on any atom is -0.468 e. The van der Waals surface area contributed by atoms with Gasteiger partial charge in [-0.25, -0.2) is 0 Å². The van der Waals surface area contributed by atoms with Gasteiger partial charge in [-0.05, 0) is 53.3 Å². The molecule has 0 unspecified atom stereocenters. The van der Waals surface area contributed by atoms with E-state index in [1.165, 1.54) is 11.7 Å². The van der Waals surface area contributed by atoms with E-state index in [-0.39, 0.29) is 12.1 Å². The highest BCUT2D eigenvalue weighted by Gasteiger charge is 2.44. The van der Waals surface area contributed by atoms with E-state index in [0.717, 1.165) is 16.5 Å². The molecule has 35 heavy (non-hydrogen) atoms. The number of aromatic nitrogens is 1. The molecule has 0 radical (unpaired) electrons. The van der Waals surface area contributed by atoms with Crippen LogP contribution in [0.15, 0.2) is 53.5 Å². The quantitative estimate of drug-likeness (QED) is 0.363. The van der Waals surface area contributed by atoms with Gasteiger partial charge in [-0.1, -0.05) is 18.2 Å². The molecule has 0 aliphatic carbocycles. The second-order valence-electron chi connectivity index (χ2n) is 8.42. The standard InChI is InChI=1S/C25H27NO9/c1-13-9-15(5-6-18(13)34-25-23(31)22(30)21(29)19(12-27)35-25)16-4-3-14-7-8-26(11-20(28)33-2)24(32)17(14)10-16/h3-10,19,21-23,25,27,29-31H,11-12H2,1-2H3/t19-,21-,22+,23+,25+/m1/s1. The molecule has 3 aromatic rings. The highest BCUT2D eigenvalue weighted by molar-refractivity contribution is 5.87. The van der Waals surface area contributed by atoms with Crippen LogP contribution in [-0.2, 0) is 20.8 Å². The Balaban J connectivity index is 1.60. The van der Waals surface area contributed by atoms with Gasteiger partial charge in [0, 0.05) is 11.6 Å². The highest BCUT2D eigenvalue weighted by atomic mass is 16.7. The number of rotatable bonds is 6. The van der Waals surface area contributed by atoms with Crippen LogP contribution in [0, 0.1) is 6.92 Å². The molecular formula is C25H27NO9. The van der Waals surface area contributed by atoms with Crippen molar-refractivity contribution < 1.29 is 39.4 Å². The largest absolute Gasteiger partial charge is 0.468 e. The van der Waals surface area contributed by atoms with Crippen molar-refractivity contribution in [2.75, 3.05) is 13.7 Å². The minimum atomic E-state index is -1.54. The van der Waals surface area contributed by atoms with Crippen LogP contribution in [0.25, 0.3) is 21.9 Å². The number of carbonyl (C=O) groups is 1. The highest BCUT2D eigenvalue weighted by Crippen LogP contribution is 2.30. The number of carbonyl (C=O) groups excluding carboxylic acids is 1. The van der Waals surface area contributed by atoms with Crippen molar-refractivity contribution in [3.8, 4) is 16.9 Å². The molecule has 0 saturated carbocycles. The number of fused-ring (bicyclic) bond motifs is 1. The van der Waals surface area contributed by atoms with Crippen molar-refractivity contribution in [1.82, 2.24) is 4.57 Å². The Bertz CT molecular complexity index is 1290. The zero-order chi connectivity index (χ0) is 25.3. The summed E-state index contributed by atoms with van der Waals surface area (Å²) in [6, 6.07) is 12.5. The summed E-state index contributed by atoms with van der Waals surface area (Å²) in [4.78, 5) is 24.5. The summed E-state index contributed by atoms with van der Waals surface area (Å²) in [6.45, 7) is 1.05. The first-order valence-corrected chi connectivity index (χ1v) is 11.0. The number of hydrogen-bond donors (Lipinski definition) is 4. The van der Waals surface area contributed by atoms with Crippen molar-refractivity contribution in [3.63, 3.8) is 0 Å². The third-order valence-corrected chi connectivity index (χ3v) is 6.11. The van der Waals surface area contributed by atoms with Crippen LogP contribution >= 0.6 is 0 Å². The molecule has 1 aliphatic rings. The first-order valence-electron chi connectivity index (χ1n) is 11.0. The number of aliphatic hydroxyl groups excluding tert-OH is 4. The van der Waals surface area contributed by atoms with Gasteiger partial charge in [-0.3, -0.25) is 9.59 Å². The van der Waals surface area contributed by atoms with E-state index in [0.29, 0.717) is 16.7 Å². The minimum absolute atomic E-state index is 0.182. The molecule has 2 aromatic carbocycles. The van der Waals surface area contributed by atoms with Gasteiger partial charge in [-0.2, -0.15) is 0 Å². The second-order valence-corrected chi connectivity index (χ2v) is 8.42. The molecule has 1 saturated heterocycles. The van der Waals surface area contributed by atoms with Crippen LogP contribution < -0.4 is 10.3 Å². The number of nitrogens with zero attached hydrogens (tertiary/aromatic N) is 1. The lowest BCUT2D eigenvalue weighted by Gasteiger charge is -2.39. The number of aliphatic hydroxyl groups is 4. The molecule has 5 atom stereocenters. The molecule has 186 valence electrons. The van der Waals surface area contributed by atoms with Gasteiger partial charge in [-0.15, -0.1) is 0 Å². The predicted octanol–water partition coefficient (Wildman–Crippen LogP) is 0.329. The Morgan fingerprint density at radius 3 is 2.43 bits per heavy atom. The fourth-order valence-electron chi connectivity index (χ4n) is 4.04. The number of ether oxygens (including phenoxy) is 3. The van der Waals surface area contributed by atoms with Gasteiger partial charge >= 0.3 is 5.97 Å². The zero-order valence-electron chi connectivity index (χ0n) is 19.2. The average molecular weight is 485 g/mol. The van der Waals surface area contributed by atoms with E-state index in [9.17, 15) is 30.0 Å². The summed E-state index contributed by atoms with van der Waals surface area (Å²) in [5.41, 5.74) is 1.95. The fourth-order valence-corrected chi connectivity index (χ4v) is 4.04. The van der Waals surface area contributed by atoms with Crippen LogP contribution in [-0.4, -0.2) is 75.4 Å². The third kappa shape index (κ3) is 4.93. The summed E-state index contributed by atoms with van der Waals surface area (Å²) in [6.07, 6.45) is -5.33. The molecule has 1 aliphatic heterocycles. The number of benzene rings is 2. The Hall–Kier alpha value is -3.28. The molecule has 4 rings (SSSR count). The van der Waals surface area contributed by atoms with Crippen molar-refractivity contribution in [2.24, 2.45) is 0 Å². The van der Waals surface area contributed by atoms with E-state index in [1.54, 1.807) is 37.4 Å². The van der Waals surface area contributed by atoms with E-state index in [1.807, 2.05) is 18.2 Å². The smallest absolute Gasteiger partial charge is 0.325 e. The van der Waals surface area contributed by atoms with Gasteiger partial charge in [0.2, 0.25) is 6.29 Å². The van der Waals surface area contributed by atoms with Gasteiger partial charge in [0.1, 0.15) is 36.7 Å². The SMILES string of the molecule is COC(=O)Cn1ccc2ccc(-c3ccc(O[C@H]4O[C@H](CO)[C@@H](O)[C@H](O)[C@@H]4O)c(C)c3)cc2c1=O. The summed E-state index contributed by atoms with van der Waals surface area (Å²) in [5, 5.41) is 40.7. The lowest BCUT2D eigenvalue weighted by Crippen LogP contribution is -2.60. The monoisotopic (exact) mass is 485 g/mol. The summed E-state index contributed by atoms with van der Waals surface area (Å²) < 4.78 is 17.1. The number of esters is 1. The fraction of sp³-hybridized carbons (Fsp3) is 0.360. The van der Waals surface area contributed by atoms with E-state index >= 15 is 0 Å². The van der Waals surface area contributed by atoms with Crippen LogP contribution in [0.1, 0.15) is 5.56 Å². The summed E-state index contributed by atoms with van der Waals surface area (Å²) in [5.74, 6) is -0.146. The van der Waals surface area contributed by atoms with Crippen LogP contribution in [0.5, 0.6) is 5.75 Å². The Kier molecular flexibility index (Phi) is 7.20. The number of pyridine rings is 1. The maximum atomic E-state index is 12.9. The number of methoxy groups -OCH3 is 1. The Morgan fingerprint density at radius 1 is 1.03 bits per heavy atom.